The number of anilines is 2. The largest absolute Gasteiger partial charge is 0.367 e. The number of nitrogens with one attached hydrogen (secondary N) is 3. The predicted octanol–water partition coefficient (Wildman–Crippen LogP) is 2.64. The topological polar surface area (TPSA) is 78.9 Å². The van der Waals surface area contributed by atoms with Crippen LogP contribution in [0.4, 0.5) is 16.3 Å². The molecule has 0 aliphatic heterocycles. The highest BCUT2D eigenvalue weighted by molar-refractivity contribution is 5.89. The lowest BCUT2D eigenvalue weighted by Gasteiger charge is -2.10. The summed E-state index contributed by atoms with van der Waals surface area (Å²) in [5.74, 6) is 0.696. The molecule has 3 N–H and O–H groups in total. The smallest absolute Gasteiger partial charge is 0.319 e. The maximum absolute atomic E-state index is 11.8. The van der Waals surface area contributed by atoms with E-state index in [-0.39, 0.29) is 6.03 Å². The number of aryl methyl sites for hydroxylation is 3. The molecule has 0 spiro atoms. The molecule has 6 nitrogen and oxygen atoms in total. The highest BCUT2D eigenvalue weighted by atomic mass is 16.2. The van der Waals surface area contributed by atoms with Crippen LogP contribution in [0.15, 0.2) is 30.3 Å². The number of urea groups is 1. The number of hydrogen-bond acceptors (Lipinski definition) is 4. The molecule has 0 saturated carbocycles. The fraction of sp³-hybridized carbons (Fsp3) is 0.312. The first kappa shape index (κ1) is 15.8. The van der Waals surface area contributed by atoms with Crippen LogP contribution in [0.1, 0.15) is 16.8 Å². The Balaban J connectivity index is 1.71. The van der Waals surface area contributed by atoms with Crippen molar-refractivity contribution >= 4 is 17.5 Å². The van der Waals surface area contributed by atoms with Crippen molar-refractivity contribution in [1.29, 1.82) is 0 Å². The van der Waals surface area contributed by atoms with Gasteiger partial charge in [0.1, 0.15) is 5.82 Å². The van der Waals surface area contributed by atoms with Crippen LogP contribution < -0.4 is 16.0 Å². The quantitative estimate of drug-likeness (QED) is 0.742. The maximum atomic E-state index is 11.8. The van der Waals surface area contributed by atoms with Crippen LogP contribution in [0.3, 0.4) is 0 Å². The summed E-state index contributed by atoms with van der Waals surface area (Å²) in [5, 5.41) is 16.6. The minimum absolute atomic E-state index is 0.222. The van der Waals surface area contributed by atoms with E-state index in [1.165, 1.54) is 5.56 Å². The number of hydrogen-bond donors (Lipinski definition) is 3. The molecular formula is C16H21N5O. The van der Waals surface area contributed by atoms with Gasteiger partial charge >= 0.3 is 6.03 Å². The van der Waals surface area contributed by atoms with Gasteiger partial charge in [0.25, 0.3) is 0 Å². The molecule has 0 saturated heterocycles. The van der Waals surface area contributed by atoms with Crippen molar-refractivity contribution in [3.8, 4) is 0 Å². The van der Waals surface area contributed by atoms with Gasteiger partial charge in [-0.1, -0.05) is 6.07 Å². The summed E-state index contributed by atoms with van der Waals surface area (Å²) < 4.78 is 0. The first-order valence-electron chi connectivity index (χ1n) is 7.21. The molecule has 1 aromatic carbocycles. The highest BCUT2D eigenvalue weighted by Crippen LogP contribution is 2.13. The van der Waals surface area contributed by atoms with Crippen molar-refractivity contribution in [3.05, 3.63) is 47.2 Å². The van der Waals surface area contributed by atoms with Gasteiger partial charge in [0.2, 0.25) is 0 Å². The lowest BCUT2D eigenvalue weighted by atomic mass is 10.1. The minimum atomic E-state index is -0.222. The van der Waals surface area contributed by atoms with Crippen LogP contribution in [-0.2, 0) is 0 Å². The molecule has 6 heteroatoms. The number of amides is 2. The summed E-state index contributed by atoms with van der Waals surface area (Å²) in [6.07, 6.45) is 0. The van der Waals surface area contributed by atoms with Gasteiger partial charge in [-0.05, 0) is 56.2 Å². The van der Waals surface area contributed by atoms with Gasteiger partial charge in [-0.3, -0.25) is 0 Å². The maximum Gasteiger partial charge on any atom is 0.319 e. The Morgan fingerprint density at radius 1 is 1.00 bits per heavy atom. The standard InChI is InChI=1S/C16H21N5O/c1-11-4-6-14(10-12(11)2)19-16(22)18-9-8-17-15-7-5-13(3)20-21-15/h4-7,10H,8-9H2,1-3H3,(H,17,21)(H2,18,19,22). The molecule has 0 radical (unpaired) electrons. The average molecular weight is 299 g/mol. The first-order valence-corrected chi connectivity index (χ1v) is 7.21. The van der Waals surface area contributed by atoms with Gasteiger partial charge < -0.3 is 16.0 Å². The van der Waals surface area contributed by atoms with Gasteiger partial charge in [0.15, 0.2) is 0 Å². The molecule has 0 fully saturated rings. The fourth-order valence-corrected chi connectivity index (χ4v) is 1.85. The van der Waals surface area contributed by atoms with Crippen molar-refractivity contribution in [3.63, 3.8) is 0 Å². The van der Waals surface area contributed by atoms with E-state index in [1.54, 1.807) is 0 Å². The Labute approximate surface area is 130 Å². The second kappa shape index (κ2) is 7.40. The molecule has 2 amide bonds. The van der Waals surface area contributed by atoms with Gasteiger partial charge in [-0.25, -0.2) is 4.79 Å². The van der Waals surface area contributed by atoms with Gasteiger partial charge in [-0.15, -0.1) is 5.10 Å². The van der Waals surface area contributed by atoms with E-state index in [0.717, 1.165) is 16.9 Å². The fourth-order valence-electron chi connectivity index (χ4n) is 1.85. The lowest BCUT2D eigenvalue weighted by molar-refractivity contribution is 0.252. The molecule has 2 aromatic rings. The first-order chi connectivity index (χ1) is 10.5. The summed E-state index contributed by atoms with van der Waals surface area (Å²) in [6.45, 7) is 7.02. The van der Waals surface area contributed by atoms with E-state index < -0.39 is 0 Å². The van der Waals surface area contributed by atoms with E-state index in [2.05, 4.69) is 26.1 Å². The summed E-state index contributed by atoms with van der Waals surface area (Å²) in [4.78, 5) is 11.8. The third kappa shape index (κ3) is 4.73. The highest BCUT2D eigenvalue weighted by Gasteiger charge is 2.02. The van der Waals surface area contributed by atoms with Crippen molar-refractivity contribution in [2.24, 2.45) is 0 Å². The molecule has 0 unspecified atom stereocenters. The second-order valence-corrected chi connectivity index (χ2v) is 5.17. The Hall–Kier alpha value is -2.63. The monoisotopic (exact) mass is 299 g/mol. The van der Waals surface area contributed by atoms with E-state index in [0.29, 0.717) is 18.9 Å². The molecule has 0 bridgehead atoms. The Morgan fingerprint density at radius 2 is 1.82 bits per heavy atom. The van der Waals surface area contributed by atoms with Gasteiger partial charge in [0.05, 0.1) is 5.69 Å². The van der Waals surface area contributed by atoms with Crippen LogP contribution in [0.25, 0.3) is 0 Å². The summed E-state index contributed by atoms with van der Waals surface area (Å²) >= 11 is 0. The molecular weight excluding hydrogens is 278 g/mol. The molecule has 0 aliphatic carbocycles. The zero-order chi connectivity index (χ0) is 15.9. The molecule has 0 atom stereocenters. The Kier molecular flexibility index (Phi) is 5.30. The number of nitrogens with zero attached hydrogens (tertiary/aromatic N) is 2. The average Bonchev–Trinajstić information content (AvgIpc) is 2.49. The Morgan fingerprint density at radius 3 is 2.50 bits per heavy atom. The van der Waals surface area contributed by atoms with Crippen LogP contribution >= 0.6 is 0 Å². The summed E-state index contributed by atoms with van der Waals surface area (Å²) in [6, 6.07) is 9.35. The van der Waals surface area contributed by atoms with Crippen LogP contribution in [0.5, 0.6) is 0 Å². The number of benzene rings is 1. The van der Waals surface area contributed by atoms with E-state index >= 15 is 0 Å². The molecule has 1 aromatic heterocycles. The molecule has 0 aliphatic rings. The van der Waals surface area contributed by atoms with Crippen LogP contribution in [-0.4, -0.2) is 29.3 Å². The molecule has 1 heterocycles. The van der Waals surface area contributed by atoms with Gasteiger partial charge in [-0.2, -0.15) is 5.10 Å². The summed E-state index contributed by atoms with van der Waals surface area (Å²) in [7, 11) is 0. The molecule has 116 valence electrons. The van der Waals surface area contributed by atoms with E-state index in [1.807, 2.05) is 51.1 Å². The lowest BCUT2D eigenvalue weighted by Crippen LogP contribution is -2.32. The zero-order valence-corrected chi connectivity index (χ0v) is 13.1. The Bertz CT molecular complexity index is 639. The van der Waals surface area contributed by atoms with E-state index in [4.69, 9.17) is 0 Å². The van der Waals surface area contributed by atoms with Crippen molar-refractivity contribution < 1.29 is 4.79 Å². The van der Waals surface area contributed by atoms with Crippen LogP contribution in [0, 0.1) is 20.8 Å². The van der Waals surface area contributed by atoms with Crippen molar-refractivity contribution in [2.45, 2.75) is 20.8 Å². The van der Waals surface area contributed by atoms with Crippen molar-refractivity contribution in [1.82, 2.24) is 15.5 Å². The molecule has 2 rings (SSSR count). The zero-order valence-electron chi connectivity index (χ0n) is 13.1. The summed E-state index contributed by atoms with van der Waals surface area (Å²) in [5.41, 5.74) is 4.01. The normalized spacial score (nSPS) is 10.1. The third-order valence-electron chi connectivity index (χ3n) is 3.28. The second-order valence-electron chi connectivity index (χ2n) is 5.17. The minimum Gasteiger partial charge on any atom is -0.367 e. The number of carbonyl (C=O) groups is 1. The van der Waals surface area contributed by atoms with E-state index in [9.17, 15) is 4.79 Å². The van der Waals surface area contributed by atoms with Gasteiger partial charge in [0, 0.05) is 18.8 Å². The van der Waals surface area contributed by atoms with Crippen LogP contribution in [0.2, 0.25) is 0 Å². The number of rotatable bonds is 5. The van der Waals surface area contributed by atoms with Crippen molar-refractivity contribution in [2.75, 3.05) is 23.7 Å². The SMILES string of the molecule is Cc1ccc(NCCNC(=O)Nc2ccc(C)c(C)c2)nn1. The number of aromatic nitrogens is 2. The third-order valence-corrected chi connectivity index (χ3v) is 3.28. The molecule has 22 heavy (non-hydrogen) atoms. The number of carbonyl (C=O) groups excluding carboxylic acids is 1. The predicted molar refractivity (Wildman–Crippen MR) is 88.2 cm³/mol.